The van der Waals surface area contributed by atoms with Crippen molar-refractivity contribution in [2.45, 2.75) is 337 Å². The Morgan fingerprint density at radius 1 is 0.346 bits per heavy atom. The lowest BCUT2D eigenvalue weighted by atomic mass is 9.89. The van der Waals surface area contributed by atoms with Gasteiger partial charge in [0.2, 0.25) is 0 Å². The molecule has 12 nitrogen and oxygen atoms in total. The van der Waals surface area contributed by atoms with Gasteiger partial charge in [0.05, 0.1) is 0 Å². The fraction of sp³-hybridized carbons (Fsp3) is 0.818. The first-order chi connectivity index (χ1) is 39.2. The van der Waals surface area contributed by atoms with Crippen LogP contribution in [0.4, 0.5) is 0 Å². The summed E-state index contributed by atoms with van der Waals surface area (Å²) >= 11 is 18.1. The van der Waals surface area contributed by atoms with Crippen molar-refractivity contribution in [3.63, 3.8) is 0 Å². The van der Waals surface area contributed by atoms with Crippen molar-refractivity contribution in [1.82, 2.24) is 0 Å². The van der Waals surface area contributed by atoms with Gasteiger partial charge in [-0.25, -0.2) is 28.8 Å². The maximum Gasteiger partial charge on any atom is 0.382 e. The van der Waals surface area contributed by atoms with Gasteiger partial charge in [-0.15, -0.1) is 0 Å². The van der Waals surface area contributed by atoms with Crippen molar-refractivity contribution in [3.8, 4) is 0 Å². The zero-order valence-corrected chi connectivity index (χ0v) is 52.7. The number of epoxide rings is 3. The van der Waals surface area contributed by atoms with Crippen molar-refractivity contribution in [1.29, 1.82) is 0 Å². The monoisotopic (exact) mass is 1200 g/mol. The number of carbonyl (C=O) groups excluding carboxylic acids is 6. The molecular formula is C66H107Cl3O12. The molecule has 3 fully saturated rings. The molecule has 0 amide bonds. The molecule has 0 aromatic heterocycles. The van der Waals surface area contributed by atoms with E-state index in [2.05, 4.69) is 57.2 Å². The fourth-order valence-corrected chi connectivity index (χ4v) is 10.9. The van der Waals surface area contributed by atoms with Crippen LogP contribution in [0.2, 0.25) is 0 Å². The fourth-order valence-electron chi connectivity index (χ4n) is 10.5. The van der Waals surface area contributed by atoms with Crippen molar-refractivity contribution in [2.75, 3.05) is 0 Å². The first-order valence-corrected chi connectivity index (χ1v) is 33.7. The molecule has 3 rings (SSSR count). The highest BCUT2D eigenvalue weighted by Gasteiger charge is 2.67. The van der Waals surface area contributed by atoms with Crippen LogP contribution in [0.25, 0.3) is 0 Å². The standard InChI is InChI=1S/C66H107Cl3O12/c1-4-7-10-13-16-19-22-29-39-48-55(76-58(70)64(67)61(73)79-64)51-42-32-25-27-36-45-54(47-38-34-35-44-53-57(78-60(72)66(69)63(75)81-66)50-41-31-24-21-18-15-12-9-6-3)46-37-28-26-33-43-52-56(77-59(71)65(68)62(74)80-65)49-40-30-23-20-17-14-11-8-5-2/h29-31,39-41,54-57H,4-28,32-38,42-53H2,1-3H3. The molecule has 0 aliphatic carbocycles. The van der Waals surface area contributed by atoms with Crippen LogP contribution in [0.5, 0.6) is 0 Å². The number of unbranched alkanes of at least 4 members (excludes halogenated alkanes) is 29. The Hall–Kier alpha value is -3.09. The number of esters is 3. The number of carbonyl (C=O) groups is 6. The van der Waals surface area contributed by atoms with Gasteiger partial charge >= 0.3 is 51.0 Å². The summed E-state index contributed by atoms with van der Waals surface area (Å²) in [6.45, 7) is 6.67. The lowest BCUT2D eigenvalue weighted by Crippen LogP contribution is -2.27. The van der Waals surface area contributed by atoms with E-state index in [9.17, 15) is 28.8 Å². The number of rotatable bonds is 56. The molecule has 0 N–H and O–H groups in total. The van der Waals surface area contributed by atoms with E-state index in [1.54, 1.807) is 0 Å². The van der Waals surface area contributed by atoms with Crippen LogP contribution in [0, 0.1) is 5.92 Å². The average Bonchev–Trinajstić information content (AvgIpc) is 4.54. The maximum atomic E-state index is 12.7. The van der Waals surface area contributed by atoms with Gasteiger partial charge in [-0.3, -0.25) is 0 Å². The molecule has 0 aromatic carbocycles. The highest BCUT2D eigenvalue weighted by molar-refractivity contribution is 6.50. The third-order valence-corrected chi connectivity index (χ3v) is 17.2. The molecule has 464 valence electrons. The summed E-state index contributed by atoms with van der Waals surface area (Å²) in [5.41, 5.74) is 0. The van der Waals surface area contributed by atoms with Crippen LogP contribution in [0.3, 0.4) is 0 Å². The SMILES string of the molecule is CCCCCCCCC=CCC(CCCCCCCC(CCCCCCCC(CC=CCCCCCCCC)OC(=O)C1(Cl)OC1=O)CCCCCCC(CC=CCCCCCCCC)OC(=O)C1(Cl)OC1=O)OC(=O)C1(Cl)OC1=O. The molecule has 3 heterocycles. The summed E-state index contributed by atoms with van der Waals surface area (Å²) < 4.78 is 31.4. The predicted octanol–water partition coefficient (Wildman–Crippen LogP) is 18.7. The minimum Gasteiger partial charge on any atom is -0.458 e. The number of allylic oxidation sites excluding steroid dienone is 3. The number of hydrogen-bond acceptors (Lipinski definition) is 12. The molecule has 0 spiro atoms. The van der Waals surface area contributed by atoms with Gasteiger partial charge in [-0.1, -0.05) is 278 Å². The maximum absolute atomic E-state index is 12.7. The normalized spacial score (nSPS) is 20.7. The Bertz CT molecular complexity index is 1790. The summed E-state index contributed by atoms with van der Waals surface area (Å²) in [5, 5.41) is -5.92. The molecule has 3 aliphatic rings. The van der Waals surface area contributed by atoms with Crippen molar-refractivity contribution in [2.24, 2.45) is 5.92 Å². The molecule has 0 radical (unpaired) electrons. The van der Waals surface area contributed by atoms with Crippen LogP contribution in [-0.4, -0.2) is 69.3 Å². The third kappa shape index (κ3) is 32.1. The molecule has 15 heteroatoms. The molecule has 6 atom stereocenters. The lowest BCUT2D eigenvalue weighted by molar-refractivity contribution is -0.153. The Morgan fingerprint density at radius 3 is 0.790 bits per heavy atom. The number of ether oxygens (including phenoxy) is 6. The highest BCUT2D eigenvalue weighted by atomic mass is 35.5. The first kappa shape index (κ1) is 72.2. The van der Waals surface area contributed by atoms with Crippen LogP contribution in [-0.2, 0) is 57.2 Å². The van der Waals surface area contributed by atoms with Crippen molar-refractivity contribution < 1.29 is 57.2 Å². The Kier molecular flexibility index (Phi) is 38.8. The van der Waals surface area contributed by atoms with E-state index >= 15 is 0 Å². The second-order valence-corrected chi connectivity index (χ2v) is 25.0. The zero-order valence-electron chi connectivity index (χ0n) is 50.4. The second-order valence-electron chi connectivity index (χ2n) is 23.4. The van der Waals surface area contributed by atoms with Gasteiger partial charge in [0.25, 0.3) is 0 Å². The van der Waals surface area contributed by atoms with E-state index in [1.807, 2.05) is 0 Å². The molecule has 0 bridgehead atoms. The zero-order chi connectivity index (χ0) is 58.9. The minimum absolute atomic E-state index is 0.359. The molecular weight excluding hydrogens is 1090 g/mol. The number of halogens is 3. The van der Waals surface area contributed by atoms with E-state index in [1.165, 1.54) is 109 Å². The van der Waals surface area contributed by atoms with Crippen LogP contribution in [0.15, 0.2) is 36.5 Å². The first-order valence-electron chi connectivity index (χ1n) is 32.6. The molecule has 3 aliphatic heterocycles. The van der Waals surface area contributed by atoms with E-state index in [0.29, 0.717) is 44.4 Å². The van der Waals surface area contributed by atoms with E-state index < -0.39 is 51.0 Å². The Labute approximate surface area is 504 Å². The number of alkyl halides is 3. The largest absolute Gasteiger partial charge is 0.458 e. The predicted molar refractivity (Wildman–Crippen MR) is 325 cm³/mol. The topological polar surface area (TPSA) is 168 Å². The second kappa shape index (κ2) is 43.5. The minimum atomic E-state index is -1.98. The molecule has 6 unspecified atom stereocenters. The molecule has 81 heavy (non-hydrogen) atoms. The van der Waals surface area contributed by atoms with Crippen molar-refractivity contribution >= 4 is 70.6 Å². The van der Waals surface area contributed by atoms with Gasteiger partial charge in [0.1, 0.15) is 18.3 Å². The molecule has 3 saturated heterocycles. The van der Waals surface area contributed by atoms with Crippen LogP contribution >= 0.6 is 34.8 Å². The Balaban J connectivity index is 1.47. The summed E-state index contributed by atoms with van der Waals surface area (Å²) in [6.07, 6.45) is 59.1. The van der Waals surface area contributed by atoms with Gasteiger partial charge < -0.3 is 28.4 Å². The highest BCUT2D eigenvalue weighted by Crippen LogP contribution is 2.38. The van der Waals surface area contributed by atoms with Crippen LogP contribution in [0.1, 0.15) is 303 Å². The molecule has 0 saturated carbocycles. The summed E-state index contributed by atoms with van der Waals surface area (Å²) in [5.74, 6) is -4.08. The molecule has 0 aromatic rings. The van der Waals surface area contributed by atoms with E-state index in [0.717, 1.165) is 135 Å². The third-order valence-electron chi connectivity index (χ3n) is 16.0. The quantitative estimate of drug-likeness (QED) is 0.0108. The van der Waals surface area contributed by atoms with Gasteiger partial charge in [0, 0.05) is 19.3 Å². The summed E-state index contributed by atoms with van der Waals surface area (Å²) in [7, 11) is 0. The van der Waals surface area contributed by atoms with Gasteiger partial charge in [0.15, 0.2) is 0 Å². The van der Waals surface area contributed by atoms with Crippen LogP contribution < -0.4 is 0 Å². The Morgan fingerprint density at radius 2 is 0.556 bits per heavy atom. The number of hydrogen-bond donors (Lipinski definition) is 0. The number of cyclic esters (lactones) is 3. The summed E-state index contributed by atoms with van der Waals surface area (Å²) in [6, 6.07) is 0. The van der Waals surface area contributed by atoms with E-state index in [4.69, 9.17) is 63.2 Å². The van der Waals surface area contributed by atoms with Gasteiger partial charge in [-0.05, 0) is 83.0 Å². The smallest absolute Gasteiger partial charge is 0.382 e. The van der Waals surface area contributed by atoms with Gasteiger partial charge in [-0.2, -0.15) is 0 Å². The summed E-state index contributed by atoms with van der Waals surface area (Å²) in [4.78, 5) is 73.1. The van der Waals surface area contributed by atoms with E-state index in [-0.39, 0.29) is 18.3 Å². The lowest BCUT2D eigenvalue weighted by Gasteiger charge is -2.18. The average molecular weight is 1200 g/mol. The van der Waals surface area contributed by atoms with Crippen molar-refractivity contribution in [3.05, 3.63) is 36.5 Å².